The molecule has 0 aliphatic carbocycles. The first kappa shape index (κ1) is 15.9. The number of nitro groups is 2. The van der Waals surface area contributed by atoms with Crippen LogP contribution in [0.25, 0.3) is 0 Å². The van der Waals surface area contributed by atoms with Crippen molar-refractivity contribution < 1.29 is 22.8 Å². The van der Waals surface area contributed by atoms with Gasteiger partial charge >= 0.3 is 10.1 Å². The van der Waals surface area contributed by atoms with Crippen LogP contribution in [0.3, 0.4) is 0 Å². The van der Waals surface area contributed by atoms with Crippen LogP contribution in [-0.2, 0) is 10.1 Å². The monoisotopic (exact) mass is 271 g/mol. The Labute approximate surface area is 117 Å². The first-order chi connectivity index (χ1) is 7.23. The van der Waals surface area contributed by atoms with Crippen molar-refractivity contribution in [3.8, 4) is 0 Å². The van der Waals surface area contributed by atoms with Crippen molar-refractivity contribution >= 4 is 51.1 Å². The number of hydrogen-bond donors (Lipinski definition) is 1. The molecule has 0 bridgehead atoms. The van der Waals surface area contributed by atoms with Crippen LogP contribution in [0.15, 0.2) is 23.1 Å². The maximum absolute atomic E-state index is 10.7. The summed E-state index contributed by atoms with van der Waals surface area (Å²) in [6.07, 6.45) is 0. The van der Waals surface area contributed by atoms with E-state index in [9.17, 15) is 28.6 Å². The number of non-ortho nitro benzene ring substituents is 1. The first-order valence-electron chi connectivity index (χ1n) is 3.64. The fraction of sp³-hybridized carbons (Fsp3) is 0. The summed E-state index contributed by atoms with van der Waals surface area (Å²) in [7, 11) is -4.79. The molecular formula is C6H4N2NaO7S. The van der Waals surface area contributed by atoms with Gasteiger partial charge < -0.3 is 0 Å². The average Bonchev–Trinajstić information content (AvgIpc) is 2.15. The summed E-state index contributed by atoms with van der Waals surface area (Å²) < 4.78 is 30.1. The van der Waals surface area contributed by atoms with Crippen molar-refractivity contribution in [2.75, 3.05) is 0 Å². The zero-order chi connectivity index (χ0) is 12.5. The van der Waals surface area contributed by atoms with Crippen molar-refractivity contribution in [1.82, 2.24) is 0 Å². The molecule has 17 heavy (non-hydrogen) atoms. The summed E-state index contributed by atoms with van der Waals surface area (Å²) >= 11 is 0. The number of benzene rings is 1. The van der Waals surface area contributed by atoms with Gasteiger partial charge in [0.15, 0.2) is 4.90 Å². The number of nitro benzene ring substituents is 2. The Morgan fingerprint density at radius 2 is 1.65 bits per heavy atom. The van der Waals surface area contributed by atoms with E-state index in [1.54, 1.807) is 0 Å². The molecule has 0 aromatic heterocycles. The van der Waals surface area contributed by atoms with E-state index in [1.165, 1.54) is 0 Å². The average molecular weight is 271 g/mol. The summed E-state index contributed by atoms with van der Waals surface area (Å²) in [6.45, 7) is 0. The van der Waals surface area contributed by atoms with Crippen LogP contribution in [0, 0.1) is 20.2 Å². The molecule has 0 atom stereocenters. The predicted octanol–water partition coefficient (Wildman–Crippen LogP) is 0.369. The Morgan fingerprint density at radius 1 is 1.12 bits per heavy atom. The normalized spacial score (nSPS) is 10.4. The van der Waals surface area contributed by atoms with Crippen LogP contribution in [-0.4, -0.2) is 52.4 Å². The Morgan fingerprint density at radius 3 is 2.00 bits per heavy atom. The van der Waals surface area contributed by atoms with E-state index >= 15 is 0 Å². The molecule has 0 unspecified atom stereocenters. The standard InChI is InChI=1S/C6H4N2O7S.Na/c9-7(10)4-1-2-6(16(13,14)15)5(3-4)8(11)12;/h1-3H,(H,13,14,15);. The molecular weight excluding hydrogens is 267 g/mol. The maximum atomic E-state index is 10.7. The second kappa shape index (κ2) is 5.51. The Kier molecular flexibility index (Phi) is 5.16. The summed E-state index contributed by atoms with van der Waals surface area (Å²) in [6, 6.07) is 1.81. The Bertz CT molecular complexity index is 570. The SMILES string of the molecule is O=[N+]([O-])c1ccc(S(=O)(=O)O)c([N+](=O)[O-])c1.[Na]. The molecule has 11 heteroatoms. The van der Waals surface area contributed by atoms with Crippen molar-refractivity contribution in [1.29, 1.82) is 0 Å². The summed E-state index contributed by atoms with van der Waals surface area (Å²) in [5, 5.41) is 20.8. The van der Waals surface area contributed by atoms with E-state index in [0.717, 1.165) is 6.07 Å². The van der Waals surface area contributed by atoms with E-state index in [2.05, 4.69) is 0 Å². The van der Waals surface area contributed by atoms with Crippen LogP contribution in [0.2, 0.25) is 0 Å². The van der Waals surface area contributed by atoms with Crippen molar-refractivity contribution in [3.05, 3.63) is 38.4 Å². The zero-order valence-electron chi connectivity index (χ0n) is 8.43. The molecule has 1 aromatic carbocycles. The molecule has 1 radical (unpaired) electrons. The van der Waals surface area contributed by atoms with Gasteiger partial charge in [-0.25, -0.2) is 0 Å². The number of nitrogens with zero attached hydrogens (tertiary/aromatic N) is 2. The van der Waals surface area contributed by atoms with Gasteiger partial charge in [-0.15, -0.1) is 0 Å². The van der Waals surface area contributed by atoms with Crippen LogP contribution < -0.4 is 0 Å². The van der Waals surface area contributed by atoms with Gasteiger partial charge in [0.25, 0.3) is 11.4 Å². The molecule has 0 aliphatic heterocycles. The summed E-state index contributed by atoms with van der Waals surface area (Å²) in [4.78, 5) is 17.7. The van der Waals surface area contributed by atoms with Crippen LogP contribution in [0.1, 0.15) is 0 Å². The topological polar surface area (TPSA) is 141 Å². The maximum Gasteiger partial charge on any atom is 0.301 e. The third-order valence-electron chi connectivity index (χ3n) is 1.63. The molecule has 0 saturated heterocycles. The minimum atomic E-state index is -4.79. The third-order valence-corrected chi connectivity index (χ3v) is 2.53. The van der Waals surface area contributed by atoms with Crippen molar-refractivity contribution in [3.63, 3.8) is 0 Å². The Hall–Kier alpha value is -1.07. The quantitative estimate of drug-likeness (QED) is 0.362. The van der Waals surface area contributed by atoms with Gasteiger partial charge in [0.1, 0.15) is 0 Å². The fourth-order valence-corrected chi connectivity index (χ4v) is 1.62. The molecule has 1 rings (SSSR count). The Balaban J connectivity index is 0.00000256. The minimum Gasteiger partial charge on any atom is -0.282 e. The zero-order valence-corrected chi connectivity index (χ0v) is 11.2. The smallest absolute Gasteiger partial charge is 0.282 e. The molecule has 0 saturated carbocycles. The number of hydrogen-bond acceptors (Lipinski definition) is 6. The first-order valence-corrected chi connectivity index (χ1v) is 5.08. The van der Waals surface area contributed by atoms with E-state index in [0.29, 0.717) is 12.1 Å². The molecule has 0 heterocycles. The molecule has 9 nitrogen and oxygen atoms in total. The fourth-order valence-electron chi connectivity index (χ4n) is 0.980. The second-order valence-electron chi connectivity index (χ2n) is 2.64. The molecule has 87 valence electrons. The second-order valence-corrected chi connectivity index (χ2v) is 4.03. The number of rotatable bonds is 3. The van der Waals surface area contributed by atoms with E-state index < -0.39 is 36.2 Å². The predicted molar refractivity (Wildman–Crippen MR) is 55.3 cm³/mol. The van der Waals surface area contributed by atoms with Gasteiger partial charge in [0.05, 0.1) is 15.9 Å². The third kappa shape index (κ3) is 3.71. The molecule has 0 spiro atoms. The van der Waals surface area contributed by atoms with E-state index in [-0.39, 0.29) is 29.6 Å². The summed E-state index contributed by atoms with van der Waals surface area (Å²) in [5.74, 6) is 0. The van der Waals surface area contributed by atoms with Crippen LogP contribution >= 0.6 is 0 Å². The molecule has 0 amide bonds. The molecule has 0 fully saturated rings. The van der Waals surface area contributed by atoms with Gasteiger partial charge in [-0.2, -0.15) is 8.42 Å². The molecule has 1 aromatic rings. The minimum absolute atomic E-state index is 0. The van der Waals surface area contributed by atoms with Crippen molar-refractivity contribution in [2.24, 2.45) is 0 Å². The van der Waals surface area contributed by atoms with E-state index in [1.807, 2.05) is 0 Å². The van der Waals surface area contributed by atoms with Gasteiger partial charge in [-0.1, -0.05) is 0 Å². The van der Waals surface area contributed by atoms with Gasteiger partial charge in [-0.3, -0.25) is 24.8 Å². The van der Waals surface area contributed by atoms with Crippen LogP contribution in [0.5, 0.6) is 0 Å². The van der Waals surface area contributed by atoms with E-state index in [4.69, 9.17) is 4.55 Å². The van der Waals surface area contributed by atoms with Gasteiger partial charge in [-0.05, 0) is 6.07 Å². The largest absolute Gasteiger partial charge is 0.301 e. The molecule has 0 aliphatic rings. The summed E-state index contributed by atoms with van der Waals surface area (Å²) in [5.41, 5.74) is -1.68. The molecule has 1 N–H and O–H groups in total. The van der Waals surface area contributed by atoms with Crippen molar-refractivity contribution in [2.45, 2.75) is 4.90 Å². The van der Waals surface area contributed by atoms with Crippen LogP contribution in [0.4, 0.5) is 11.4 Å². The van der Waals surface area contributed by atoms with Gasteiger partial charge in [0.2, 0.25) is 0 Å². The van der Waals surface area contributed by atoms with Gasteiger partial charge in [0, 0.05) is 35.6 Å².